The van der Waals surface area contributed by atoms with Gasteiger partial charge in [0.05, 0.1) is 11.7 Å². The Morgan fingerprint density at radius 3 is 2.85 bits per heavy atom. The molecule has 4 nitrogen and oxygen atoms in total. The van der Waals surface area contributed by atoms with Crippen molar-refractivity contribution in [1.29, 1.82) is 0 Å². The molecule has 4 heteroatoms. The van der Waals surface area contributed by atoms with Crippen LogP contribution in [0.4, 0.5) is 0 Å². The van der Waals surface area contributed by atoms with Gasteiger partial charge in [0.1, 0.15) is 0 Å². The van der Waals surface area contributed by atoms with E-state index in [0.717, 1.165) is 23.9 Å². The van der Waals surface area contributed by atoms with Crippen molar-refractivity contribution in [1.82, 2.24) is 14.7 Å². The van der Waals surface area contributed by atoms with Gasteiger partial charge in [0, 0.05) is 25.0 Å². The molecule has 0 spiro atoms. The van der Waals surface area contributed by atoms with Crippen molar-refractivity contribution in [2.75, 3.05) is 26.2 Å². The quantitative estimate of drug-likeness (QED) is 0.907. The zero-order valence-corrected chi connectivity index (χ0v) is 12.1. The Kier molecular flexibility index (Phi) is 4.03. The molecule has 0 amide bonds. The van der Waals surface area contributed by atoms with E-state index < -0.39 is 0 Å². The average molecular weight is 273 g/mol. The van der Waals surface area contributed by atoms with Crippen LogP contribution < -0.4 is 0 Å². The molecule has 0 saturated carbocycles. The molecule has 1 saturated heterocycles. The van der Waals surface area contributed by atoms with Crippen molar-refractivity contribution in [2.24, 2.45) is 7.05 Å². The van der Waals surface area contributed by atoms with Gasteiger partial charge in [0.15, 0.2) is 0 Å². The monoisotopic (exact) mass is 273 g/mol. The maximum Gasteiger partial charge on any atom is 0.0681 e. The fraction of sp³-hybridized carbons (Fsp3) is 0.562. The molecule has 3 rings (SSSR count). The van der Waals surface area contributed by atoms with E-state index in [1.54, 1.807) is 0 Å². The number of hydrogen-bond acceptors (Lipinski definition) is 3. The Morgan fingerprint density at radius 2 is 2.10 bits per heavy atom. The summed E-state index contributed by atoms with van der Waals surface area (Å²) in [6, 6.07) is 6.41. The highest BCUT2D eigenvalue weighted by Crippen LogP contribution is 2.24. The number of aryl methyl sites for hydroxylation is 1. The van der Waals surface area contributed by atoms with Gasteiger partial charge in [-0.05, 0) is 50.5 Å². The first kappa shape index (κ1) is 13.6. The van der Waals surface area contributed by atoms with Gasteiger partial charge >= 0.3 is 0 Å². The Bertz CT molecular complexity index is 572. The second-order valence-corrected chi connectivity index (χ2v) is 5.80. The second kappa shape index (κ2) is 5.94. The normalized spacial score (nSPS) is 17.9. The van der Waals surface area contributed by atoms with Gasteiger partial charge in [-0.1, -0.05) is 12.1 Å². The predicted octanol–water partition coefficient (Wildman–Crippen LogP) is 2.14. The van der Waals surface area contributed by atoms with Crippen LogP contribution in [0.3, 0.4) is 0 Å². The van der Waals surface area contributed by atoms with Crippen molar-refractivity contribution >= 4 is 10.9 Å². The Hall–Kier alpha value is -1.39. The van der Waals surface area contributed by atoms with Crippen molar-refractivity contribution in [3.8, 4) is 0 Å². The number of aromatic nitrogens is 2. The summed E-state index contributed by atoms with van der Waals surface area (Å²) in [5, 5.41) is 15.1. The van der Waals surface area contributed by atoms with E-state index in [2.05, 4.69) is 28.2 Å². The number of fused-ring (bicyclic) bond motifs is 1. The van der Waals surface area contributed by atoms with Crippen molar-refractivity contribution < 1.29 is 5.11 Å². The lowest BCUT2D eigenvalue weighted by molar-refractivity contribution is 0.239. The highest BCUT2D eigenvalue weighted by molar-refractivity contribution is 5.79. The average Bonchev–Trinajstić information content (AvgIpc) is 3.10. The summed E-state index contributed by atoms with van der Waals surface area (Å²) in [6.45, 7) is 3.75. The van der Waals surface area contributed by atoms with E-state index in [1.807, 2.05) is 17.9 Å². The van der Waals surface area contributed by atoms with Crippen LogP contribution in [0.15, 0.2) is 24.4 Å². The summed E-state index contributed by atoms with van der Waals surface area (Å²) in [4.78, 5) is 2.51. The van der Waals surface area contributed by atoms with Crippen molar-refractivity contribution in [3.63, 3.8) is 0 Å². The van der Waals surface area contributed by atoms with Gasteiger partial charge in [-0.25, -0.2) is 0 Å². The van der Waals surface area contributed by atoms with Gasteiger partial charge in [-0.15, -0.1) is 0 Å². The van der Waals surface area contributed by atoms with Crippen LogP contribution in [-0.2, 0) is 7.05 Å². The number of likely N-dealkylation sites (tertiary alicyclic amines) is 1. The minimum Gasteiger partial charge on any atom is -0.396 e. The number of hydrogen-bond donors (Lipinski definition) is 1. The van der Waals surface area contributed by atoms with Crippen LogP contribution in [0.1, 0.15) is 30.7 Å². The molecule has 108 valence electrons. The summed E-state index contributed by atoms with van der Waals surface area (Å²) in [6.07, 6.45) is 5.56. The third-order valence-corrected chi connectivity index (χ3v) is 4.46. The summed E-state index contributed by atoms with van der Waals surface area (Å²) < 4.78 is 1.90. The van der Waals surface area contributed by atoms with Gasteiger partial charge in [-0.3, -0.25) is 4.68 Å². The van der Waals surface area contributed by atoms with Crippen LogP contribution in [0.2, 0.25) is 0 Å². The molecule has 2 aromatic rings. The summed E-state index contributed by atoms with van der Waals surface area (Å²) in [5.74, 6) is 0.231. The molecule has 1 N–H and O–H groups in total. The molecule has 0 bridgehead atoms. The highest BCUT2D eigenvalue weighted by atomic mass is 16.3. The lowest BCUT2D eigenvalue weighted by Crippen LogP contribution is -2.23. The smallest absolute Gasteiger partial charge is 0.0681 e. The molecule has 1 atom stereocenters. The molecule has 1 unspecified atom stereocenters. The van der Waals surface area contributed by atoms with Gasteiger partial charge in [0.2, 0.25) is 0 Å². The zero-order chi connectivity index (χ0) is 13.9. The molecular formula is C16H23N3O. The molecule has 20 heavy (non-hydrogen) atoms. The Balaban J connectivity index is 1.73. The Labute approximate surface area is 120 Å². The van der Waals surface area contributed by atoms with Crippen LogP contribution in [0, 0.1) is 0 Å². The maximum atomic E-state index is 9.70. The standard InChI is InChI=1S/C16H23N3O/c1-18-16-10-13(4-5-14(16)11-17-18)15(12-20)6-9-19-7-2-3-8-19/h4-5,10-11,15,20H,2-3,6-9,12H2,1H3. The van der Waals surface area contributed by atoms with Crippen LogP contribution in [0.5, 0.6) is 0 Å². The number of nitrogens with zero attached hydrogens (tertiary/aromatic N) is 3. The van der Waals surface area contributed by atoms with E-state index in [4.69, 9.17) is 0 Å². The van der Waals surface area contributed by atoms with E-state index in [-0.39, 0.29) is 12.5 Å². The molecule has 1 aliphatic rings. The second-order valence-electron chi connectivity index (χ2n) is 5.80. The van der Waals surface area contributed by atoms with Gasteiger partial charge < -0.3 is 10.0 Å². The van der Waals surface area contributed by atoms with E-state index in [9.17, 15) is 5.11 Å². The summed E-state index contributed by atoms with van der Waals surface area (Å²) in [7, 11) is 1.96. The predicted molar refractivity (Wildman–Crippen MR) is 80.8 cm³/mol. The first-order chi connectivity index (χ1) is 9.78. The van der Waals surface area contributed by atoms with E-state index >= 15 is 0 Å². The maximum absolute atomic E-state index is 9.70. The van der Waals surface area contributed by atoms with Gasteiger partial charge in [-0.2, -0.15) is 5.10 Å². The van der Waals surface area contributed by atoms with Crippen LogP contribution in [0.25, 0.3) is 10.9 Å². The van der Waals surface area contributed by atoms with E-state index in [1.165, 1.54) is 31.5 Å². The molecule has 0 radical (unpaired) electrons. The van der Waals surface area contributed by atoms with E-state index in [0.29, 0.717) is 0 Å². The third-order valence-electron chi connectivity index (χ3n) is 4.46. The topological polar surface area (TPSA) is 41.3 Å². The number of benzene rings is 1. The van der Waals surface area contributed by atoms with Crippen molar-refractivity contribution in [3.05, 3.63) is 30.0 Å². The third kappa shape index (κ3) is 2.72. The summed E-state index contributed by atoms with van der Waals surface area (Å²) >= 11 is 0. The number of aliphatic hydroxyl groups is 1. The first-order valence-electron chi connectivity index (χ1n) is 7.53. The molecule has 2 heterocycles. The minimum atomic E-state index is 0.219. The molecule has 0 aliphatic carbocycles. The van der Waals surface area contributed by atoms with Crippen LogP contribution >= 0.6 is 0 Å². The SMILES string of the molecule is Cn1ncc2ccc(C(CO)CCN3CCCC3)cc21. The lowest BCUT2D eigenvalue weighted by atomic mass is 9.95. The van der Waals surface area contributed by atoms with Crippen molar-refractivity contribution in [2.45, 2.75) is 25.2 Å². The first-order valence-corrected chi connectivity index (χ1v) is 7.53. The highest BCUT2D eigenvalue weighted by Gasteiger charge is 2.16. The zero-order valence-electron chi connectivity index (χ0n) is 12.1. The Morgan fingerprint density at radius 1 is 1.30 bits per heavy atom. The minimum absolute atomic E-state index is 0.219. The number of aliphatic hydroxyl groups excluding tert-OH is 1. The lowest BCUT2D eigenvalue weighted by Gasteiger charge is -2.20. The fourth-order valence-electron chi connectivity index (χ4n) is 3.12. The molecular weight excluding hydrogens is 250 g/mol. The van der Waals surface area contributed by atoms with Gasteiger partial charge in [0.25, 0.3) is 0 Å². The fourth-order valence-corrected chi connectivity index (χ4v) is 3.12. The molecule has 1 fully saturated rings. The largest absolute Gasteiger partial charge is 0.396 e. The molecule has 1 aliphatic heterocycles. The number of rotatable bonds is 5. The van der Waals surface area contributed by atoms with Crippen LogP contribution in [-0.4, -0.2) is 46.0 Å². The summed E-state index contributed by atoms with van der Waals surface area (Å²) in [5.41, 5.74) is 2.37. The molecule has 1 aromatic heterocycles. The molecule has 1 aromatic carbocycles.